The molecule has 1 aromatic rings. The van der Waals surface area contributed by atoms with Gasteiger partial charge in [0.05, 0.1) is 6.61 Å². The minimum Gasteiger partial charge on any atom is -0.493 e. The van der Waals surface area contributed by atoms with Gasteiger partial charge in [0, 0.05) is 12.5 Å². The molecule has 1 atom stereocenters. The fourth-order valence-electron chi connectivity index (χ4n) is 1.68. The average molecular weight is 245 g/mol. The molecule has 1 unspecified atom stereocenters. The molecule has 0 saturated heterocycles. The summed E-state index contributed by atoms with van der Waals surface area (Å²) in [6, 6.07) is 8.69. The third-order valence-corrected chi connectivity index (χ3v) is 2.75. The van der Waals surface area contributed by atoms with Crippen molar-refractivity contribution in [3.63, 3.8) is 0 Å². The van der Waals surface area contributed by atoms with E-state index in [-0.39, 0.29) is 0 Å². The quantitative estimate of drug-likeness (QED) is 0.586. The van der Waals surface area contributed by atoms with Crippen LogP contribution >= 0.6 is 0 Å². The molecule has 2 heteroatoms. The second-order valence-corrected chi connectivity index (χ2v) is 4.27. The normalized spacial score (nSPS) is 11.5. The largest absolute Gasteiger partial charge is 0.493 e. The number of ether oxygens (including phenoxy) is 1. The molecule has 0 aliphatic rings. The zero-order valence-corrected chi connectivity index (χ0v) is 11.6. The molecule has 0 saturated carbocycles. The molecule has 2 nitrogen and oxygen atoms in total. The molecule has 0 aromatic heterocycles. The molecule has 0 spiro atoms. The fraction of sp³-hybridized carbons (Fsp3) is 0.500. The second-order valence-electron chi connectivity index (χ2n) is 4.27. The summed E-state index contributed by atoms with van der Waals surface area (Å²) in [5.74, 6) is 6.76. The molecular formula is C16H23NO. The summed E-state index contributed by atoms with van der Waals surface area (Å²) in [6.45, 7) is 7.91. The van der Waals surface area contributed by atoms with E-state index < -0.39 is 0 Å². The van der Waals surface area contributed by atoms with Crippen molar-refractivity contribution in [2.45, 2.75) is 39.7 Å². The maximum absolute atomic E-state index is 5.60. The van der Waals surface area contributed by atoms with Gasteiger partial charge in [-0.25, -0.2) is 0 Å². The van der Waals surface area contributed by atoms with E-state index in [1.165, 1.54) is 5.56 Å². The summed E-state index contributed by atoms with van der Waals surface area (Å²) in [4.78, 5) is 0. The van der Waals surface area contributed by atoms with Gasteiger partial charge in [0.15, 0.2) is 0 Å². The number of hydrogen-bond acceptors (Lipinski definition) is 2. The molecule has 1 aromatic carbocycles. The Morgan fingerprint density at radius 3 is 2.61 bits per heavy atom. The van der Waals surface area contributed by atoms with E-state index in [2.05, 4.69) is 43.1 Å². The molecule has 0 radical (unpaired) electrons. The molecule has 1 rings (SSSR count). The van der Waals surface area contributed by atoms with Crippen molar-refractivity contribution in [2.24, 2.45) is 0 Å². The highest BCUT2D eigenvalue weighted by Crippen LogP contribution is 2.17. The lowest BCUT2D eigenvalue weighted by atomic mass is 10.1. The van der Waals surface area contributed by atoms with Gasteiger partial charge < -0.3 is 10.1 Å². The van der Waals surface area contributed by atoms with Crippen molar-refractivity contribution in [3.8, 4) is 17.6 Å². The van der Waals surface area contributed by atoms with E-state index in [1.54, 1.807) is 0 Å². The highest BCUT2D eigenvalue weighted by molar-refractivity contribution is 5.29. The Hall–Kier alpha value is -1.46. The number of nitrogens with one attached hydrogen (secondary N) is 1. The second kappa shape index (κ2) is 8.60. The first-order valence-corrected chi connectivity index (χ1v) is 6.63. The third-order valence-electron chi connectivity index (χ3n) is 2.75. The molecule has 18 heavy (non-hydrogen) atoms. The van der Waals surface area contributed by atoms with E-state index in [0.717, 1.165) is 25.1 Å². The molecule has 0 aliphatic carbocycles. The summed E-state index contributed by atoms with van der Waals surface area (Å²) in [5.41, 5.74) is 1.30. The van der Waals surface area contributed by atoms with Crippen LogP contribution in [0.4, 0.5) is 0 Å². The highest BCUT2D eigenvalue weighted by Gasteiger charge is 2.03. The van der Waals surface area contributed by atoms with Crippen molar-refractivity contribution < 1.29 is 4.74 Å². The molecular weight excluding hydrogens is 222 g/mol. The van der Waals surface area contributed by atoms with Gasteiger partial charge in [-0.15, -0.1) is 11.8 Å². The number of rotatable bonds is 7. The van der Waals surface area contributed by atoms with E-state index in [4.69, 9.17) is 4.74 Å². The van der Waals surface area contributed by atoms with Crippen molar-refractivity contribution in [3.05, 3.63) is 29.8 Å². The fourth-order valence-corrected chi connectivity index (χ4v) is 1.68. The minimum absolute atomic E-state index is 0.393. The zero-order chi connectivity index (χ0) is 13.2. The molecule has 98 valence electrons. The Morgan fingerprint density at radius 2 is 2.00 bits per heavy atom. The summed E-state index contributed by atoms with van der Waals surface area (Å²) in [6.07, 6.45) is 1.94. The first-order valence-electron chi connectivity index (χ1n) is 6.63. The summed E-state index contributed by atoms with van der Waals surface area (Å²) < 4.78 is 5.60. The zero-order valence-electron chi connectivity index (χ0n) is 11.6. The van der Waals surface area contributed by atoms with Crippen LogP contribution in [-0.2, 0) is 0 Å². The van der Waals surface area contributed by atoms with Crippen molar-refractivity contribution in [1.82, 2.24) is 5.32 Å². The van der Waals surface area contributed by atoms with E-state index >= 15 is 0 Å². The van der Waals surface area contributed by atoms with Crippen LogP contribution in [0.25, 0.3) is 0 Å². The minimum atomic E-state index is 0.393. The van der Waals surface area contributed by atoms with Crippen molar-refractivity contribution in [2.75, 3.05) is 13.2 Å². The molecule has 1 N–H and O–H groups in total. The van der Waals surface area contributed by atoms with Crippen LogP contribution < -0.4 is 10.1 Å². The average Bonchev–Trinajstić information content (AvgIpc) is 2.41. The lowest BCUT2D eigenvalue weighted by Crippen LogP contribution is -2.19. The van der Waals surface area contributed by atoms with Gasteiger partial charge in [-0.1, -0.05) is 19.1 Å². The molecule has 0 amide bonds. The van der Waals surface area contributed by atoms with Crippen molar-refractivity contribution >= 4 is 0 Å². The van der Waals surface area contributed by atoms with Crippen molar-refractivity contribution in [1.29, 1.82) is 0 Å². The first kappa shape index (κ1) is 14.6. The topological polar surface area (TPSA) is 21.3 Å². The van der Waals surface area contributed by atoms with Crippen LogP contribution in [0.3, 0.4) is 0 Å². The SMILES string of the molecule is CC#CCCOc1ccc(C(C)NCCC)cc1. The predicted molar refractivity (Wildman–Crippen MR) is 76.7 cm³/mol. The van der Waals surface area contributed by atoms with Gasteiger partial charge in [-0.05, 0) is 44.5 Å². The Balaban J connectivity index is 2.43. The van der Waals surface area contributed by atoms with Gasteiger partial charge in [0.1, 0.15) is 5.75 Å². The highest BCUT2D eigenvalue weighted by atomic mass is 16.5. The van der Waals surface area contributed by atoms with Gasteiger partial charge in [-0.2, -0.15) is 0 Å². The third kappa shape index (κ3) is 5.25. The van der Waals surface area contributed by atoms with Crippen LogP contribution in [-0.4, -0.2) is 13.2 Å². The maximum atomic E-state index is 5.60. The Bertz CT molecular complexity index is 386. The van der Waals surface area contributed by atoms with E-state index in [1.807, 2.05) is 19.1 Å². The van der Waals surface area contributed by atoms with Crippen LogP contribution in [0.15, 0.2) is 24.3 Å². The lowest BCUT2D eigenvalue weighted by Gasteiger charge is -2.14. The Labute approximate surface area is 111 Å². The summed E-state index contributed by atoms with van der Waals surface area (Å²) in [7, 11) is 0. The molecule has 0 aliphatic heterocycles. The van der Waals surface area contributed by atoms with E-state index in [0.29, 0.717) is 12.6 Å². The van der Waals surface area contributed by atoms with Gasteiger partial charge in [0.2, 0.25) is 0 Å². The van der Waals surface area contributed by atoms with Crippen LogP contribution in [0.5, 0.6) is 5.75 Å². The molecule has 0 fully saturated rings. The molecule has 0 heterocycles. The first-order chi connectivity index (χ1) is 8.77. The number of hydrogen-bond donors (Lipinski definition) is 1. The van der Waals surface area contributed by atoms with E-state index in [9.17, 15) is 0 Å². The lowest BCUT2D eigenvalue weighted by molar-refractivity contribution is 0.327. The maximum Gasteiger partial charge on any atom is 0.119 e. The monoisotopic (exact) mass is 245 g/mol. The summed E-state index contributed by atoms with van der Waals surface area (Å²) >= 11 is 0. The number of benzene rings is 1. The molecule has 0 bridgehead atoms. The smallest absolute Gasteiger partial charge is 0.119 e. The Kier molecular flexibility index (Phi) is 6.98. The summed E-state index contributed by atoms with van der Waals surface area (Å²) in [5, 5.41) is 3.47. The standard InChI is InChI=1S/C16H23NO/c1-4-6-7-13-18-16-10-8-15(9-11-16)14(3)17-12-5-2/h8-11,14,17H,5,7,12-13H2,1-3H3. The van der Waals surface area contributed by atoms with Gasteiger partial charge in [0.25, 0.3) is 0 Å². The van der Waals surface area contributed by atoms with Crippen LogP contribution in [0, 0.1) is 11.8 Å². The van der Waals surface area contributed by atoms with Gasteiger partial charge in [-0.3, -0.25) is 0 Å². The van der Waals surface area contributed by atoms with Crippen LogP contribution in [0.1, 0.15) is 45.2 Å². The Morgan fingerprint density at radius 1 is 1.28 bits per heavy atom. The van der Waals surface area contributed by atoms with Crippen LogP contribution in [0.2, 0.25) is 0 Å². The predicted octanol–water partition coefficient (Wildman–Crippen LogP) is 3.54. The van der Waals surface area contributed by atoms with Gasteiger partial charge >= 0.3 is 0 Å².